The molecule has 0 aliphatic carbocycles. The summed E-state index contributed by atoms with van der Waals surface area (Å²) >= 11 is 0. The Balaban J connectivity index is 0.00000208. The van der Waals surface area contributed by atoms with Crippen LogP contribution in [-0.4, -0.2) is 45.3 Å². The zero-order chi connectivity index (χ0) is 16.3. The largest absolute Gasteiger partial charge is 0.357 e. The summed E-state index contributed by atoms with van der Waals surface area (Å²) < 4.78 is 2.24. The van der Waals surface area contributed by atoms with Gasteiger partial charge in [0, 0.05) is 32.6 Å². The number of rotatable bonds is 5. The zero-order valence-electron chi connectivity index (χ0n) is 15.2. The molecule has 3 heterocycles. The lowest BCUT2D eigenvalue weighted by Crippen LogP contribution is -2.41. The highest BCUT2D eigenvalue weighted by Crippen LogP contribution is 2.36. The average Bonchev–Trinajstić information content (AvgIpc) is 3.27. The molecule has 1 fully saturated rings. The van der Waals surface area contributed by atoms with E-state index < -0.39 is 0 Å². The van der Waals surface area contributed by atoms with E-state index in [0.717, 1.165) is 50.2 Å². The fourth-order valence-electron chi connectivity index (χ4n) is 3.84. The molecule has 136 valence electrons. The van der Waals surface area contributed by atoms with Crippen LogP contribution in [0.2, 0.25) is 0 Å². The predicted octanol–water partition coefficient (Wildman–Crippen LogP) is 2.82. The van der Waals surface area contributed by atoms with E-state index >= 15 is 0 Å². The van der Waals surface area contributed by atoms with Crippen molar-refractivity contribution in [2.75, 3.05) is 19.6 Å². The van der Waals surface area contributed by atoms with Gasteiger partial charge in [-0.1, -0.05) is 13.8 Å². The minimum absolute atomic E-state index is 0. The molecule has 3 rings (SSSR count). The third-order valence-corrected chi connectivity index (χ3v) is 5.63. The fourth-order valence-corrected chi connectivity index (χ4v) is 3.84. The fraction of sp³-hybridized carbons (Fsp3) is 0.824. The van der Waals surface area contributed by atoms with Gasteiger partial charge < -0.3 is 14.8 Å². The normalized spacial score (nSPS) is 19.3. The number of nitrogens with one attached hydrogen (secondary N) is 1. The number of fused-ring (bicyclic) bond motifs is 1. The van der Waals surface area contributed by atoms with Gasteiger partial charge in [0.15, 0.2) is 11.8 Å². The van der Waals surface area contributed by atoms with Crippen molar-refractivity contribution in [3.63, 3.8) is 0 Å². The van der Waals surface area contributed by atoms with Gasteiger partial charge in [0.25, 0.3) is 0 Å². The number of hydrogen-bond donors (Lipinski definition) is 1. The smallest absolute Gasteiger partial charge is 0.194 e. The van der Waals surface area contributed by atoms with Crippen LogP contribution in [0.4, 0.5) is 0 Å². The Hall–Kier alpha value is -0.860. The molecule has 24 heavy (non-hydrogen) atoms. The van der Waals surface area contributed by atoms with Gasteiger partial charge in [-0.2, -0.15) is 0 Å². The Labute approximate surface area is 162 Å². The summed E-state index contributed by atoms with van der Waals surface area (Å²) in [5.41, 5.74) is 0.465. The summed E-state index contributed by atoms with van der Waals surface area (Å²) in [6.07, 6.45) is 6.00. The molecule has 0 radical (unpaired) electrons. The molecule has 0 unspecified atom stereocenters. The van der Waals surface area contributed by atoms with Gasteiger partial charge in [0.2, 0.25) is 0 Å². The minimum atomic E-state index is 0. The third-order valence-electron chi connectivity index (χ3n) is 5.63. The standard InChI is InChI=1S/C17H30N6.HI/c1-4-17(5-2)9-11-22(13-17)16(18-6-3)19-12-15-21-20-14-8-7-10-23(14)15;/h4-13H2,1-3H3,(H,18,19);1H. The number of hydrogen-bond acceptors (Lipinski definition) is 3. The monoisotopic (exact) mass is 446 g/mol. The van der Waals surface area contributed by atoms with Crippen molar-refractivity contribution in [3.05, 3.63) is 11.6 Å². The van der Waals surface area contributed by atoms with Crippen LogP contribution in [0.5, 0.6) is 0 Å². The second-order valence-corrected chi connectivity index (χ2v) is 6.84. The molecule has 0 atom stereocenters. The SMILES string of the molecule is CCNC(=NCc1nnc2n1CCC2)N1CCC(CC)(CC)C1.I. The molecule has 0 aromatic carbocycles. The summed E-state index contributed by atoms with van der Waals surface area (Å²) in [7, 11) is 0. The average molecular weight is 446 g/mol. The zero-order valence-corrected chi connectivity index (χ0v) is 17.5. The summed E-state index contributed by atoms with van der Waals surface area (Å²) in [6, 6.07) is 0. The first kappa shape index (κ1) is 19.5. The van der Waals surface area contributed by atoms with Crippen molar-refractivity contribution in [2.24, 2.45) is 10.4 Å². The van der Waals surface area contributed by atoms with Crippen molar-refractivity contribution < 1.29 is 0 Å². The molecule has 1 aromatic heterocycles. The van der Waals surface area contributed by atoms with Crippen LogP contribution < -0.4 is 5.32 Å². The Kier molecular flexibility index (Phi) is 6.88. The molecule has 0 bridgehead atoms. The maximum Gasteiger partial charge on any atom is 0.194 e. The number of halogens is 1. The molecule has 0 saturated carbocycles. The van der Waals surface area contributed by atoms with Crippen LogP contribution in [-0.2, 0) is 19.5 Å². The van der Waals surface area contributed by atoms with Gasteiger partial charge in [-0.3, -0.25) is 0 Å². The highest BCUT2D eigenvalue weighted by atomic mass is 127. The molecule has 2 aliphatic rings. The second kappa shape index (κ2) is 8.49. The van der Waals surface area contributed by atoms with Crippen molar-refractivity contribution in [1.82, 2.24) is 25.0 Å². The summed E-state index contributed by atoms with van der Waals surface area (Å²) in [6.45, 7) is 11.5. The maximum atomic E-state index is 4.86. The Bertz CT molecular complexity index is 563. The molecule has 0 amide bonds. The van der Waals surface area contributed by atoms with Crippen LogP contribution >= 0.6 is 24.0 Å². The van der Waals surface area contributed by atoms with Crippen molar-refractivity contribution in [3.8, 4) is 0 Å². The Morgan fingerprint density at radius 1 is 1.21 bits per heavy atom. The predicted molar refractivity (Wildman–Crippen MR) is 108 cm³/mol. The van der Waals surface area contributed by atoms with E-state index in [4.69, 9.17) is 4.99 Å². The highest BCUT2D eigenvalue weighted by molar-refractivity contribution is 14.0. The third kappa shape index (κ3) is 3.86. The maximum absolute atomic E-state index is 4.86. The van der Waals surface area contributed by atoms with Crippen LogP contribution in [0, 0.1) is 5.41 Å². The quantitative estimate of drug-likeness (QED) is 0.430. The van der Waals surface area contributed by atoms with Gasteiger partial charge in [-0.05, 0) is 38.0 Å². The first-order valence-corrected chi connectivity index (χ1v) is 9.15. The number of likely N-dealkylation sites (tertiary alicyclic amines) is 1. The van der Waals surface area contributed by atoms with Crippen LogP contribution in [0.25, 0.3) is 0 Å². The molecule has 1 saturated heterocycles. The van der Waals surface area contributed by atoms with Gasteiger partial charge in [0.05, 0.1) is 0 Å². The van der Waals surface area contributed by atoms with E-state index in [1.165, 1.54) is 25.7 Å². The summed E-state index contributed by atoms with van der Waals surface area (Å²) in [5.74, 6) is 3.16. The number of nitrogens with zero attached hydrogens (tertiary/aromatic N) is 5. The number of aliphatic imine (C=N–C) groups is 1. The van der Waals surface area contributed by atoms with Crippen LogP contribution in [0.1, 0.15) is 58.1 Å². The first-order chi connectivity index (χ1) is 11.2. The van der Waals surface area contributed by atoms with E-state index in [0.29, 0.717) is 12.0 Å². The van der Waals surface area contributed by atoms with E-state index in [9.17, 15) is 0 Å². The van der Waals surface area contributed by atoms with E-state index in [1.807, 2.05) is 0 Å². The van der Waals surface area contributed by atoms with Gasteiger partial charge >= 0.3 is 0 Å². The van der Waals surface area contributed by atoms with Gasteiger partial charge in [-0.25, -0.2) is 4.99 Å². The number of guanidine groups is 1. The van der Waals surface area contributed by atoms with Crippen molar-refractivity contribution >= 4 is 29.9 Å². The lowest BCUT2D eigenvalue weighted by molar-refractivity contribution is 0.276. The summed E-state index contributed by atoms with van der Waals surface area (Å²) in [4.78, 5) is 7.29. The molecular weight excluding hydrogens is 415 g/mol. The molecule has 1 aromatic rings. The van der Waals surface area contributed by atoms with E-state index in [2.05, 4.69) is 45.8 Å². The van der Waals surface area contributed by atoms with Crippen molar-refractivity contribution in [2.45, 2.75) is 66.0 Å². The molecule has 2 aliphatic heterocycles. The summed E-state index contributed by atoms with van der Waals surface area (Å²) in [5, 5.41) is 12.1. The van der Waals surface area contributed by atoms with Crippen LogP contribution in [0.15, 0.2) is 4.99 Å². The molecule has 7 heteroatoms. The number of aromatic nitrogens is 3. The lowest BCUT2D eigenvalue weighted by Gasteiger charge is -2.28. The van der Waals surface area contributed by atoms with E-state index in [1.54, 1.807) is 0 Å². The number of aryl methyl sites for hydroxylation is 1. The highest BCUT2D eigenvalue weighted by Gasteiger charge is 2.36. The molecule has 1 N–H and O–H groups in total. The first-order valence-electron chi connectivity index (χ1n) is 9.15. The second-order valence-electron chi connectivity index (χ2n) is 6.84. The van der Waals surface area contributed by atoms with Crippen molar-refractivity contribution in [1.29, 1.82) is 0 Å². The van der Waals surface area contributed by atoms with Gasteiger partial charge in [-0.15, -0.1) is 34.2 Å². The van der Waals surface area contributed by atoms with E-state index in [-0.39, 0.29) is 24.0 Å². The van der Waals surface area contributed by atoms with Gasteiger partial charge in [0.1, 0.15) is 12.4 Å². The Morgan fingerprint density at radius 3 is 2.67 bits per heavy atom. The molecule has 0 spiro atoms. The lowest BCUT2D eigenvalue weighted by atomic mass is 9.82. The minimum Gasteiger partial charge on any atom is -0.357 e. The van der Waals surface area contributed by atoms with Crippen LogP contribution in [0.3, 0.4) is 0 Å². The Morgan fingerprint density at radius 2 is 2.00 bits per heavy atom. The topological polar surface area (TPSA) is 58.3 Å². The molecule has 6 nitrogen and oxygen atoms in total. The molecular formula is C17H31IN6.